The highest BCUT2D eigenvalue weighted by Gasteiger charge is 2.27. The first-order chi connectivity index (χ1) is 8.40. The van der Waals surface area contributed by atoms with Crippen LogP contribution < -0.4 is 5.32 Å². The fourth-order valence-corrected chi connectivity index (χ4v) is 2.88. The number of rotatable bonds is 6. The molecule has 1 aliphatic carbocycles. The standard InChI is InChI=1S/C14H27NO2/c1-2-8-15-13-7-9-16-11-14(13)17-10-12-5-3-4-6-12/h12-15H,2-11H2,1H3. The highest BCUT2D eigenvalue weighted by molar-refractivity contribution is 4.81. The van der Waals surface area contributed by atoms with Gasteiger partial charge in [-0.2, -0.15) is 0 Å². The molecule has 2 rings (SSSR count). The first kappa shape index (κ1) is 13.3. The molecule has 1 N–H and O–H groups in total. The van der Waals surface area contributed by atoms with E-state index in [1.54, 1.807) is 0 Å². The van der Waals surface area contributed by atoms with Gasteiger partial charge < -0.3 is 14.8 Å². The summed E-state index contributed by atoms with van der Waals surface area (Å²) in [6.45, 7) is 5.89. The molecule has 2 atom stereocenters. The molecule has 0 amide bonds. The summed E-state index contributed by atoms with van der Waals surface area (Å²) in [5.41, 5.74) is 0. The smallest absolute Gasteiger partial charge is 0.0961 e. The normalized spacial score (nSPS) is 30.9. The number of nitrogens with one attached hydrogen (secondary N) is 1. The van der Waals surface area contributed by atoms with Gasteiger partial charge in [-0.1, -0.05) is 19.8 Å². The maximum atomic E-state index is 6.09. The molecule has 1 aliphatic heterocycles. The number of hydrogen-bond acceptors (Lipinski definition) is 3. The molecule has 0 bridgehead atoms. The molecule has 0 aromatic rings. The molecule has 2 aliphatic rings. The van der Waals surface area contributed by atoms with E-state index in [1.165, 1.54) is 32.1 Å². The maximum absolute atomic E-state index is 6.09. The largest absolute Gasteiger partial charge is 0.379 e. The van der Waals surface area contributed by atoms with Gasteiger partial charge >= 0.3 is 0 Å². The van der Waals surface area contributed by atoms with E-state index < -0.39 is 0 Å². The van der Waals surface area contributed by atoms with Crippen molar-refractivity contribution in [2.75, 3.05) is 26.4 Å². The summed E-state index contributed by atoms with van der Waals surface area (Å²) in [5.74, 6) is 0.809. The highest BCUT2D eigenvalue weighted by Crippen LogP contribution is 2.25. The molecule has 1 saturated carbocycles. The third-order valence-electron chi connectivity index (χ3n) is 3.98. The lowest BCUT2D eigenvalue weighted by atomic mass is 10.1. The predicted molar refractivity (Wildman–Crippen MR) is 69.2 cm³/mol. The van der Waals surface area contributed by atoms with E-state index in [2.05, 4.69) is 12.2 Å². The van der Waals surface area contributed by atoms with Gasteiger partial charge in [0, 0.05) is 19.3 Å². The lowest BCUT2D eigenvalue weighted by Crippen LogP contribution is -2.48. The molecule has 3 nitrogen and oxygen atoms in total. The van der Waals surface area contributed by atoms with Gasteiger partial charge in [-0.15, -0.1) is 0 Å². The van der Waals surface area contributed by atoms with Crippen LogP contribution in [0.3, 0.4) is 0 Å². The van der Waals surface area contributed by atoms with Crippen LogP contribution in [0.1, 0.15) is 45.4 Å². The lowest BCUT2D eigenvalue weighted by molar-refractivity contribution is -0.0771. The van der Waals surface area contributed by atoms with Gasteiger partial charge in [0.25, 0.3) is 0 Å². The van der Waals surface area contributed by atoms with Gasteiger partial charge in [-0.25, -0.2) is 0 Å². The van der Waals surface area contributed by atoms with Crippen LogP contribution in [-0.4, -0.2) is 38.5 Å². The van der Waals surface area contributed by atoms with Gasteiger partial charge in [0.1, 0.15) is 0 Å². The van der Waals surface area contributed by atoms with Gasteiger partial charge in [0.2, 0.25) is 0 Å². The Bertz CT molecular complexity index is 204. The van der Waals surface area contributed by atoms with Crippen molar-refractivity contribution in [1.82, 2.24) is 5.32 Å². The average molecular weight is 241 g/mol. The minimum Gasteiger partial charge on any atom is -0.379 e. The molecule has 0 radical (unpaired) electrons. The second kappa shape index (κ2) is 7.34. The zero-order valence-electron chi connectivity index (χ0n) is 11.1. The Morgan fingerprint density at radius 3 is 2.82 bits per heavy atom. The van der Waals surface area contributed by atoms with Crippen LogP contribution >= 0.6 is 0 Å². The van der Waals surface area contributed by atoms with Crippen LogP contribution in [0.2, 0.25) is 0 Å². The Labute approximate surface area is 105 Å². The van der Waals surface area contributed by atoms with Crippen LogP contribution in [0.4, 0.5) is 0 Å². The van der Waals surface area contributed by atoms with Crippen LogP contribution in [0, 0.1) is 5.92 Å². The van der Waals surface area contributed by atoms with Crippen LogP contribution in [-0.2, 0) is 9.47 Å². The van der Waals surface area contributed by atoms with E-state index >= 15 is 0 Å². The summed E-state index contributed by atoms with van der Waals surface area (Å²) in [6.07, 6.45) is 8.07. The first-order valence-electron chi connectivity index (χ1n) is 7.33. The van der Waals surface area contributed by atoms with Crippen molar-refractivity contribution in [3.8, 4) is 0 Å². The summed E-state index contributed by atoms with van der Waals surface area (Å²) >= 11 is 0. The summed E-state index contributed by atoms with van der Waals surface area (Å²) < 4.78 is 11.6. The first-order valence-corrected chi connectivity index (χ1v) is 7.33. The molecule has 0 spiro atoms. The van der Waals surface area contributed by atoms with E-state index in [0.717, 1.165) is 38.7 Å². The Kier molecular flexibility index (Phi) is 5.75. The summed E-state index contributed by atoms with van der Waals surface area (Å²) in [7, 11) is 0. The van der Waals surface area contributed by atoms with Crippen molar-refractivity contribution >= 4 is 0 Å². The zero-order valence-corrected chi connectivity index (χ0v) is 11.1. The van der Waals surface area contributed by atoms with Crippen molar-refractivity contribution < 1.29 is 9.47 Å². The molecule has 1 heterocycles. The van der Waals surface area contributed by atoms with E-state index in [0.29, 0.717) is 6.04 Å². The molecule has 0 aromatic carbocycles. The molecule has 100 valence electrons. The van der Waals surface area contributed by atoms with Gasteiger partial charge in [0.05, 0.1) is 12.7 Å². The van der Waals surface area contributed by atoms with Crippen molar-refractivity contribution in [2.24, 2.45) is 5.92 Å². The average Bonchev–Trinajstić information content (AvgIpc) is 2.88. The molecule has 0 aromatic heterocycles. The van der Waals surface area contributed by atoms with E-state index in [1.807, 2.05) is 0 Å². The Balaban J connectivity index is 1.71. The quantitative estimate of drug-likeness (QED) is 0.774. The van der Waals surface area contributed by atoms with Crippen molar-refractivity contribution in [1.29, 1.82) is 0 Å². The van der Waals surface area contributed by atoms with E-state index in [4.69, 9.17) is 9.47 Å². The van der Waals surface area contributed by atoms with Crippen molar-refractivity contribution in [3.05, 3.63) is 0 Å². The van der Waals surface area contributed by atoms with Gasteiger partial charge in [-0.3, -0.25) is 0 Å². The van der Waals surface area contributed by atoms with Gasteiger partial charge in [-0.05, 0) is 38.1 Å². The molecule has 1 saturated heterocycles. The summed E-state index contributed by atoms with van der Waals surface area (Å²) in [5, 5.41) is 3.59. The summed E-state index contributed by atoms with van der Waals surface area (Å²) in [4.78, 5) is 0. The molecule has 2 unspecified atom stereocenters. The third kappa shape index (κ3) is 4.23. The Morgan fingerprint density at radius 2 is 2.06 bits per heavy atom. The number of ether oxygens (including phenoxy) is 2. The van der Waals surface area contributed by atoms with Gasteiger partial charge in [0.15, 0.2) is 0 Å². The highest BCUT2D eigenvalue weighted by atomic mass is 16.5. The Hall–Kier alpha value is -0.120. The molecular weight excluding hydrogens is 214 g/mol. The van der Waals surface area contributed by atoms with E-state index in [-0.39, 0.29) is 6.10 Å². The molecular formula is C14H27NO2. The molecule has 2 fully saturated rings. The summed E-state index contributed by atoms with van der Waals surface area (Å²) in [6, 6.07) is 0.505. The zero-order chi connectivity index (χ0) is 11.9. The molecule has 3 heteroatoms. The van der Waals surface area contributed by atoms with E-state index in [9.17, 15) is 0 Å². The lowest BCUT2D eigenvalue weighted by Gasteiger charge is -2.33. The Morgan fingerprint density at radius 1 is 1.24 bits per heavy atom. The van der Waals surface area contributed by atoms with Crippen LogP contribution in [0.15, 0.2) is 0 Å². The second-order valence-corrected chi connectivity index (χ2v) is 5.45. The number of hydrogen-bond donors (Lipinski definition) is 1. The maximum Gasteiger partial charge on any atom is 0.0961 e. The molecule has 17 heavy (non-hydrogen) atoms. The van der Waals surface area contributed by atoms with Crippen LogP contribution in [0.25, 0.3) is 0 Å². The SMILES string of the molecule is CCCNC1CCOCC1OCC1CCCC1. The van der Waals surface area contributed by atoms with Crippen molar-refractivity contribution in [2.45, 2.75) is 57.6 Å². The third-order valence-corrected chi connectivity index (χ3v) is 3.98. The minimum atomic E-state index is 0.274. The van der Waals surface area contributed by atoms with Crippen LogP contribution in [0.5, 0.6) is 0 Å². The second-order valence-electron chi connectivity index (χ2n) is 5.45. The fraction of sp³-hybridized carbons (Fsp3) is 1.00. The topological polar surface area (TPSA) is 30.5 Å². The minimum absolute atomic E-state index is 0.274. The fourth-order valence-electron chi connectivity index (χ4n) is 2.88. The predicted octanol–water partition coefficient (Wildman–Crippen LogP) is 2.35. The van der Waals surface area contributed by atoms with Crippen molar-refractivity contribution in [3.63, 3.8) is 0 Å². The monoisotopic (exact) mass is 241 g/mol.